The first-order chi connectivity index (χ1) is 21.8. The number of hydrogen-bond donors (Lipinski definition) is 2. The zero-order valence-corrected chi connectivity index (χ0v) is 26.5. The Morgan fingerprint density at radius 1 is 1.13 bits per heavy atom. The number of rotatable bonds is 10. The summed E-state index contributed by atoms with van der Waals surface area (Å²) in [5, 5.41) is -0.481. The number of halogens is 3. The molecule has 2 aliphatic rings. The number of nitrogens with two attached hydrogens (primary N) is 2. The molecule has 2 amide bonds. The molecule has 2 aromatic carbocycles. The highest BCUT2D eigenvalue weighted by molar-refractivity contribution is 6.34. The highest BCUT2D eigenvalue weighted by atomic mass is 35.5. The predicted octanol–water partition coefficient (Wildman–Crippen LogP) is 6.04. The number of ether oxygens (including phenoxy) is 5. The number of aromatic nitrogens is 1. The number of amides is 2. The van der Waals surface area contributed by atoms with Crippen molar-refractivity contribution in [1.29, 1.82) is 0 Å². The van der Waals surface area contributed by atoms with Crippen molar-refractivity contribution in [3.8, 4) is 22.8 Å². The van der Waals surface area contributed by atoms with Crippen LogP contribution >= 0.6 is 11.6 Å². The Morgan fingerprint density at radius 3 is 2.50 bits per heavy atom. The van der Waals surface area contributed by atoms with E-state index in [9.17, 15) is 9.59 Å². The van der Waals surface area contributed by atoms with Crippen molar-refractivity contribution in [2.75, 3.05) is 19.8 Å². The van der Waals surface area contributed by atoms with E-state index in [1.807, 2.05) is 20.8 Å². The van der Waals surface area contributed by atoms with Crippen molar-refractivity contribution in [3.05, 3.63) is 75.9 Å². The van der Waals surface area contributed by atoms with Gasteiger partial charge in [0.25, 0.3) is 11.8 Å². The summed E-state index contributed by atoms with van der Waals surface area (Å²) in [5.74, 6) is -3.54. The molecule has 0 saturated carbocycles. The van der Waals surface area contributed by atoms with Gasteiger partial charge in [-0.05, 0) is 24.8 Å². The van der Waals surface area contributed by atoms with Gasteiger partial charge in [-0.1, -0.05) is 62.7 Å². The maximum absolute atomic E-state index is 16.4. The molecule has 0 bridgehead atoms. The third-order valence-corrected chi connectivity index (χ3v) is 8.36. The molecule has 1 aromatic heterocycles. The highest BCUT2D eigenvalue weighted by Crippen LogP contribution is 2.54. The molecule has 3 heterocycles. The van der Waals surface area contributed by atoms with E-state index in [1.54, 1.807) is 30.3 Å². The molecule has 10 nitrogen and oxygen atoms in total. The molecule has 1 unspecified atom stereocenters. The van der Waals surface area contributed by atoms with Crippen LogP contribution < -0.4 is 20.9 Å². The molecule has 1 saturated heterocycles. The van der Waals surface area contributed by atoms with Gasteiger partial charge in [-0.15, -0.1) is 0 Å². The van der Waals surface area contributed by atoms with Crippen LogP contribution in [-0.2, 0) is 26.2 Å². The average Bonchev–Trinajstić information content (AvgIpc) is 3.39. The summed E-state index contributed by atoms with van der Waals surface area (Å²) in [4.78, 5) is 28.7. The Bertz CT molecular complexity index is 1610. The van der Waals surface area contributed by atoms with Gasteiger partial charge in [0.05, 0.1) is 17.2 Å². The normalized spacial score (nSPS) is 20.0. The summed E-state index contributed by atoms with van der Waals surface area (Å²) >= 11 is 6.57. The zero-order chi connectivity index (χ0) is 33.2. The molecule has 0 radical (unpaired) electrons. The van der Waals surface area contributed by atoms with E-state index in [1.165, 1.54) is 0 Å². The molecule has 5 rings (SSSR count). The highest BCUT2D eigenvalue weighted by Gasteiger charge is 2.55. The standard InChI is InChI=1S/C33H36ClF2N3O7/c1-32(2,3)30(45-31(38)41)33(18-9-5-4-6-10-18)16-19-22(46-33)15-21(35)26(34)24(19)25-20(28(37)40)17-39-29(27(25)36)44-14-13-43-23-11-7-8-12-42-23/h4-6,9-10,15,17,23,30H,7-8,11-14,16H2,1-3H3,(H2,37,40)(H2,38,41)/t23-,30?,33-/m0/s1. The Morgan fingerprint density at radius 2 is 1.87 bits per heavy atom. The number of hydrogen-bond acceptors (Lipinski definition) is 8. The van der Waals surface area contributed by atoms with Crippen molar-refractivity contribution in [3.63, 3.8) is 0 Å². The van der Waals surface area contributed by atoms with Crippen LogP contribution in [0.2, 0.25) is 5.02 Å². The van der Waals surface area contributed by atoms with E-state index >= 15 is 8.78 Å². The van der Waals surface area contributed by atoms with Gasteiger partial charge in [-0.2, -0.15) is 0 Å². The minimum Gasteiger partial charge on any atom is -0.478 e. The Hall–Kier alpha value is -4.00. The average molecular weight is 660 g/mol. The number of carbonyl (C=O) groups is 2. The van der Waals surface area contributed by atoms with Gasteiger partial charge in [-0.25, -0.2) is 18.6 Å². The first kappa shape index (κ1) is 33.4. The third-order valence-electron chi connectivity index (χ3n) is 7.99. The molecule has 4 N–H and O–H groups in total. The van der Waals surface area contributed by atoms with Crippen LogP contribution in [0.15, 0.2) is 42.6 Å². The molecule has 3 atom stereocenters. The second kappa shape index (κ2) is 13.4. The van der Waals surface area contributed by atoms with Crippen LogP contribution in [0, 0.1) is 17.0 Å². The molecule has 2 aliphatic heterocycles. The van der Waals surface area contributed by atoms with Crippen LogP contribution in [0.1, 0.15) is 61.5 Å². The lowest BCUT2D eigenvalue weighted by Gasteiger charge is -2.43. The lowest BCUT2D eigenvalue weighted by Crippen LogP contribution is -2.53. The lowest BCUT2D eigenvalue weighted by molar-refractivity contribution is -0.165. The van der Waals surface area contributed by atoms with Crippen LogP contribution in [0.5, 0.6) is 11.6 Å². The second-order valence-electron chi connectivity index (χ2n) is 12.3. The fourth-order valence-electron chi connectivity index (χ4n) is 6.09. The van der Waals surface area contributed by atoms with Gasteiger partial charge in [0.15, 0.2) is 23.8 Å². The first-order valence-corrected chi connectivity index (χ1v) is 15.3. The number of benzene rings is 2. The van der Waals surface area contributed by atoms with E-state index in [2.05, 4.69) is 4.98 Å². The van der Waals surface area contributed by atoms with Crippen molar-refractivity contribution in [2.24, 2.45) is 16.9 Å². The van der Waals surface area contributed by atoms with E-state index in [4.69, 9.17) is 46.8 Å². The predicted molar refractivity (Wildman–Crippen MR) is 165 cm³/mol. The fourth-order valence-corrected chi connectivity index (χ4v) is 6.35. The van der Waals surface area contributed by atoms with Crippen molar-refractivity contribution in [2.45, 2.75) is 64.4 Å². The van der Waals surface area contributed by atoms with Gasteiger partial charge in [-0.3, -0.25) is 4.79 Å². The fraction of sp³-hybridized carbons (Fsp3) is 0.424. The topological polar surface area (TPSA) is 145 Å². The summed E-state index contributed by atoms with van der Waals surface area (Å²) in [7, 11) is 0. The van der Waals surface area contributed by atoms with Crippen molar-refractivity contribution in [1.82, 2.24) is 4.98 Å². The Kier molecular flexibility index (Phi) is 9.71. The first-order valence-electron chi connectivity index (χ1n) is 14.9. The molecule has 46 heavy (non-hydrogen) atoms. The van der Waals surface area contributed by atoms with Crippen LogP contribution in [-0.4, -0.2) is 49.2 Å². The van der Waals surface area contributed by atoms with Gasteiger partial charge in [0, 0.05) is 47.4 Å². The Labute approximate surface area is 270 Å². The van der Waals surface area contributed by atoms with Crippen molar-refractivity contribution < 1.29 is 42.1 Å². The quantitative estimate of drug-likeness (QED) is 0.251. The van der Waals surface area contributed by atoms with Gasteiger partial charge in [0.1, 0.15) is 18.2 Å². The summed E-state index contributed by atoms with van der Waals surface area (Å²) in [6.07, 6.45) is 1.18. The molecule has 1 fully saturated rings. The van der Waals surface area contributed by atoms with Crippen molar-refractivity contribution >= 4 is 23.6 Å². The van der Waals surface area contributed by atoms with E-state index in [-0.39, 0.29) is 48.4 Å². The molecular weight excluding hydrogens is 624 g/mol. The smallest absolute Gasteiger partial charge is 0.404 e. The number of nitrogens with zero attached hydrogens (tertiary/aromatic N) is 1. The van der Waals surface area contributed by atoms with Gasteiger partial charge >= 0.3 is 6.09 Å². The Balaban J connectivity index is 1.61. The largest absolute Gasteiger partial charge is 0.478 e. The molecule has 0 spiro atoms. The summed E-state index contributed by atoms with van der Waals surface area (Å²) in [6, 6.07) is 9.93. The minimum atomic E-state index is -1.46. The SMILES string of the molecule is CC(C)(C)C(OC(N)=O)[C@@]1(c2ccccc2)Cc2c(cc(F)c(Cl)c2-c2c(C(N)=O)cnc(OCCO[C@H]3CCCCO3)c2F)O1. The maximum Gasteiger partial charge on any atom is 0.404 e. The van der Waals surface area contributed by atoms with Crippen LogP contribution in [0.3, 0.4) is 0 Å². The monoisotopic (exact) mass is 659 g/mol. The second-order valence-corrected chi connectivity index (χ2v) is 12.7. The van der Waals surface area contributed by atoms with E-state index in [0.717, 1.165) is 31.5 Å². The number of fused-ring (bicyclic) bond motifs is 1. The zero-order valence-electron chi connectivity index (χ0n) is 25.7. The summed E-state index contributed by atoms with van der Waals surface area (Å²) in [6.45, 7) is 6.07. The third kappa shape index (κ3) is 6.60. The van der Waals surface area contributed by atoms with E-state index in [0.29, 0.717) is 12.2 Å². The maximum atomic E-state index is 16.4. The molecule has 3 aromatic rings. The number of carbonyl (C=O) groups excluding carboxylic acids is 2. The molecule has 246 valence electrons. The number of pyridine rings is 1. The van der Waals surface area contributed by atoms with Crippen LogP contribution in [0.25, 0.3) is 11.1 Å². The molecular formula is C33H36ClF2N3O7. The van der Waals surface area contributed by atoms with Crippen LogP contribution in [0.4, 0.5) is 13.6 Å². The van der Waals surface area contributed by atoms with Gasteiger partial charge < -0.3 is 35.2 Å². The van der Waals surface area contributed by atoms with Gasteiger partial charge in [0.2, 0.25) is 0 Å². The minimum absolute atomic E-state index is 0.00180. The number of primary amides is 2. The molecule has 13 heteroatoms. The summed E-state index contributed by atoms with van der Waals surface area (Å²) in [5.41, 5.74) is 8.82. The summed E-state index contributed by atoms with van der Waals surface area (Å²) < 4.78 is 61.0. The lowest BCUT2D eigenvalue weighted by atomic mass is 9.72. The molecule has 0 aliphatic carbocycles. The van der Waals surface area contributed by atoms with E-state index < -0.39 is 57.2 Å².